The molecule has 4 heterocycles. The van der Waals surface area contributed by atoms with Gasteiger partial charge in [0.05, 0.1) is 30.4 Å². The van der Waals surface area contributed by atoms with Gasteiger partial charge < -0.3 is 34.7 Å². The lowest BCUT2D eigenvalue weighted by molar-refractivity contribution is 0.0668. The second-order valence-corrected chi connectivity index (χ2v) is 11.4. The van der Waals surface area contributed by atoms with E-state index in [1.165, 1.54) is 0 Å². The maximum atomic E-state index is 13.1. The van der Waals surface area contributed by atoms with E-state index in [0.717, 1.165) is 11.1 Å². The highest BCUT2D eigenvalue weighted by Gasteiger charge is 2.18. The van der Waals surface area contributed by atoms with E-state index in [0.29, 0.717) is 84.5 Å². The third-order valence-electron chi connectivity index (χ3n) is 7.95. The Labute approximate surface area is 275 Å². The van der Waals surface area contributed by atoms with Crippen LogP contribution < -0.4 is 16.0 Å². The van der Waals surface area contributed by atoms with Crippen LogP contribution in [0, 0.1) is 5.41 Å². The van der Waals surface area contributed by atoms with Gasteiger partial charge in [-0.3, -0.25) is 19.8 Å². The number of hydrogen-bond donors (Lipinski definition) is 4. The maximum absolute atomic E-state index is 13.1. The van der Waals surface area contributed by atoms with Crippen LogP contribution in [-0.2, 0) is 18.8 Å². The van der Waals surface area contributed by atoms with Crippen LogP contribution in [-0.4, -0.2) is 80.8 Å². The van der Waals surface area contributed by atoms with Gasteiger partial charge in [0.2, 0.25) is 0 Å². The molecule has 2 aromatic carbocycles. The molecule has 1 aliphatic rings. The van der Waals surface area contributed by atoms with Crippen molar-refractivity contribution in [3.63, 3.8) is 0 Å². The molecule has 14 nitrogen and oxygen atoms in total. The van der Waals surface area contributed by atoms with Crippen molar-refractivity contribution in [1.29, 1.82) is 5.41 Å². The molecule has 3 amide bonds. The third kappa shape index (κ3) is 7.50. The van der Waals surface area contributed by atoms with Gasteiger partial charge in [0.1, 0.15) is 22.4 Å². The highest BCUT2D eigenvalue weighted by molar-refractivity contribution is 6.07. The van der Waals surface area contributed by atoms with Gasteiger partial charge in [-0.25, -0.2) is 4.63 Å². The van der Waals surface area contributed by atoms with Crippen molar-refractivity contribution in [2.24, 2.45) is 14.1 Å². The van der Waals surface area contributed by atoms with Crippen LogP contribution in [0.4, 0.5) is 11.4 Å². The summed E-state index contributed by atoms with van der Waals surface area (Å²) >= 11 is 0. The van der Waals surface area contributed by atoms with Gasteiger partial charge in [-0.05, 0) is 57.8 Å². The first-order chi connectivity index (χ1) is 23.2. The van der Waals surface area contributed by atoms with E-state index in [1.807, 2.05) is 47.4 Å². The SMILES string of the molecule is Cn1cc(NC(=O)c2cc(NC(=O)c3ccc(C=Cc4ccc5nonc5c4)cc3)cn2C)cc1C(=O)NCCC(=N)N1CCOCC1. The Hall–Kier alpha value is -6.02. The molecular formula is C34H35N9O5. The number of nitrogens with one attached hydrogen (secondary N) is 4. The van der Waals surface area contributed by atoms with Crippen LogP contribution in [0.15, 0.2) is 71.6 Å². The third-order valence-corrected chi connectivity index (χ3v) is 7.95. The van der Waals surface area contributed by atoms with Crippen molar-refractivity contribution in [1.82, 2.24) is 29.7 Å². The normalized spacial score (nSPS) is 13.2. The monoisotopic (exact) mass is 649 g/mol. The zero-order chi connectivity index (χ0) is 33.6. The smallest absolute Gasteiger partial charge is 0.272 e. The van der Waals surface area contributed by atoms with Gasteiger partial charge >= 0.3 is 0 Å². The van der Waals surface area contributed by atoms with Gasteiger partial charge in [0.15, 0.2) is 0 Å². The van der Waals surface area contributed by atoms with Gasteiger partial charge in [-0.15, -0.1) is 0 Å². The van der Waals surface area contributed by atoms with E-state index in [9.17, 15) is 14.4 Å². The summed E-state index contributed by atoms with van der Waals surface area (Å²) in [5, 5.41) is 24.4. The predicted octanol–water partition coefficient (Wildman–Crippen LogP) is 4.00. The number of fused-ring (bicyclic) bond motifs is 1. The van der Waals surface area contributed by atoms with Gasteiger partial charge in [-0.2, -0.15) is 0 Å². The number of amidine groups is 1. The number of morpholine rings is 1. The van der Waals surface area contributed by atoms with Crippen molar-refractivity contribution >= 4 is 58.1 Å². The molecule has 0 saturated carbocycles. The lowest BCUT2D eigenvalue weighted by Crippen LogP contribution is -2.41. The molecule has 1 fully saturated rings. The molecule has 4 N–H and O–H groups in total. The van der Waals surface area contributed by atoms with E-state index in [2.05, 4.69) is 26.3 Å². The fourth-order valence-corrected chi connectivity index (χ4v) is 5.33. The second kappa shape index (κ2) is 14.2. The number of hydrogen-bond acceptors (Lipinski definition) is 8. The Morgan fingerprint density at radius 2 is 1.40 bits per heavy atom. The lowest BCUT2D eigenvalue weighted by atomic mass is 10.1. The highest BCUT2D eigenvalue weighted by Crippen LogP contribution is 2.19. The van der Waals surface area contributed by atoms with Crippen LogP contribution in [0.3, 0.4) is 0 Å². The number of anilines is 2. The van der Waals surface area contributed by atoms with E-state index in [4.69, 9.17) is 14.8 Å². The van der Waals surface area contributed by atoms with Crippen LogP contribution in [0.25, 0.3) is 23.2 Å². The van der Waals surface area contributed by atoms with Crippen LogP contribution in [0.1, 0.15) is 48.9 Å². The molecule has 14 heteroatoms. The fraction of sp³-hybridized carbons (Fsp3) is 0.235. The predicted molar refractivity (Wildman–Crippen MR) is 181 cm³/mol. The zero-order valence-electron chi connectivity index (χ0n) is 26.5. The van der Waals surface area contributed by atoms with Crippen LogP contribution in [0.5, 0.6) is 0 Å². The first-order valence-corrected chi connectivity index (χ1v) is 15.4. The Bertz CT molecular complexity index is 2000. The summed E-state index contributed by atoms with van der Waals surface area (Å²) < 4.78 is 13.3. The summed E-state index contributed by atoms with van der Waals surface area (Å²) in [5.74, 6) is -0.547. The molecule has 3 aromatic heterocycles. The number of aromatic nitrogens is 4. The summed E-state index contributed by atoms with van der Waals surface area (Å²) in [4.78, 5) is 40.9. The molecule has 0 radical (unpaired) electrons. The molecule has 48 heavy (non-hydrogen) atoms. The maximum Gasteiger partial charge on any atom is 0.272 e. The first-order valence-electron chi connectivity index (χ1n) is 15.4. The minimum Gasteiger partial charge on any atom is -0.378 e. The van der Waals surface area contributed by atoms with Gasteiger partial charge in [0, 0.05) is 58.1 Å². The number of carbonyl (C=O) groups is 3. The second-order valence-electron chi connectivity index (χ2n) is 11.4. The van der Waals surface area contributed by atoms with Crippen LogP contribution >= 0.6 is 0 Å². The molecule has 0 aliphatic carbocycles. The molecule has 0 atom stereocenters. The molecular weight excluding hydrogens is 614 g/mol. The Kier molecular flexibility index (Phi) is 9.43. The van der Waals surface area contributed by atoms with E-state index < -0.39 is 5.91 Å². The number of carbonyl (C=O) groups excluding carboxylic acids is 3. The highest BCUT2D eigenvalue weighted by atomic mass is 16.6. The summed E-state index contributed by atoms with van der Waals surface area (Å²) in [6.45, 7) is 2.88. The van der Waals surface area contributed by atoms with Gasteiger partial charge in [0.25, 0.3) is 17.7 Å². The topological polar surface area (TPSA) is 172 Å². The quantitative estimate of drug-likeness (QED) is 0.0999. The number of aryl methyl sites for hydroxylation is 2. The Morgan fingerprint density at radius 3 is 2.10 bits per heavy atom. The van der Waals surface area contributed by atoms with Crippen molar-refractivity contribution in [3.8, 4) is 0 Å². The zero-order valence-corrected chi connectivity index (χ0v) is 26.5. The van der Waals surface area contributed by atoms with E-state index in [-0.39, 0.29) is 11.8 Å². The molecule has 5 aromatic rings. The largest absolute Gasteiger partial charge is 0.378 e. The summed E-state index contributed by atoms with van der Waals surface area (Å²) in [5.41, 5.74) is 5.28. The van der Waals surface area contributed by atoms with E-state index in [1.54, 1.807) is 59.9 Å². The average molecular weight is 650 g/mol. The van der Waals surface area contributed by atoms with Gasteiger partial charge in [-0.1, -0.05) is 30.4 Å². The molecule has 0 spiro atoms. The minimum atomic E-state index is -0.399. The van der Waals surface area contributed by atoms with Crippen molar-refractivity contribution in [3.05, 3.63) is 95.1 Å². The molecule has 0 unspecified atom stereocenters. The van der Waals surface area contributed by atoms with Crippen molar-refractivity contribution in [2.75, 3.05) is 43.5 Å². The Balaban J connectivity index is 1.01. The standard InChI is InChI=1S/C34H35N9O5/c1-41-21-26(18-29(41)33(45)36-12-11-31(35)43-13-15-47-16-14-43)38-34(46)30-19-25(20-42(30)2)37-32(44)24-8-5-22(6-9-24)3-4-23-7-10-27-28(17-23)40-48-39-27/h3-10,17-21,35H,11-16H2,1-2H3,(H,36,45)(H,37,44)(H,38,46). The van der Waals surface area contributed by atoms with Crippen molar-refractivity contribution in [2.45, 2.75) is 6.42 Å². The molecule has 1 aliphatic heterocycles. The number of rotatable bonds is 10. The Morgan fingerprint density at radius 1 is 0.792 bits per heavy atom. The summed E-state index contributed by atoms with van der Waals surface area (Å²) in [7, 11) is 3.43. The molecule has 6 rings (SSSR count). The fourth-order valence-electron chi connectivity index (χ4n) is 5.33. The molecule has 246 valence electrons. The van der Waals surface area contributed by atoms with Crippen LogP contribution in [0.2, 0.25) is 0 Å². The summed E-state index contributed by atoms with van der Waals surface area (Å²) in [6.07, 6.45) is 7.59. The lowest BCUT2D eigenvalue weighted by Gasteiger charge is -2.29. The van der Waals surface area contributed by atoms with E-state index >= 15 is 0 Å². The number of amides is 3. The number of benzene rings is 2. The minimum absolute atomic E-state index is 0.303. The first kappa shape index (κ1) is 31.9. The average Bonchev–Trinajstić information content (AvgIpc) is 3.81. The number of ether oxygens (including phenoxy) is 1. The number of nitrogens with zero attached hydrogens (tertiary/aromatic N) is 5. The summed E-state index contributed by atoms with van der Waals surface area (Å²) in [6, 6.07) is 16.0. The molecule has 0 bridgehead atoms. The van der Waals surface area contributed by atoms with Crippen molar-refractivity contribution < 1.29 is 23.7 Å². The molecule has 1 saturated heterocycles.